The Bertz CT molecular complexity index is 1200. The lowest BCUT2D eigenvalue weighted by atomic mass is 10.1. The quantitative estimate of drug-likeness (QED) is 0.508. The Morgan fingerprint density at radius 3 is 2.33 bits per heavy atom. The Labute approximate surface area is 160 Å². The molecule has 0 fully saturated rings. The van der Waals surface area contributed by atoms with Crippen molar-refractivity contribution in [3.8, 4) is 5.69 Å². The van der Waals surface area contributed by atoms with E-state index in [2.05, 4.69) is 4.98 Å². The first-order valence-electron chi connectivity index (χ1n) is 8.37. The summed E-state index contributed by atoms with van der Waals surface area (Å²) in [5.74, 6) is -0.0499. The summed E-state index contributed by atoms with van der Waals surface area (Å²) in [4.78, 5) is 17.6. The van der Waals surface area contributed by atoms with Gasteiger partial charge < -0.3 is 5.11 Å². The molecule has 1 N–H and O–H groups in total. The molecular weight excluding hydrogens is 360 g/mol. The zero-order valence-corrected chi connectivity index (χ0v) is 15.0. The maximum atomic E-state index is 13.1. The monoisotopic (exact) mass is 374 g/mol. The molecule has 27 heavy (non-hydrogen) atoms. The van der Waals surface area contributed by atoms with Crippen LogP contribution in [0.25, 0.3) is 28.6 Å². The van der Waals surface area contributed by atoms with Gasteiger partial charge in [-0.05, 0) is 48.5 Å². The van der Waals surface area contributed by atoms with E-state index in [1.54, 1.807) is 28.8 Å². The summed E-state index contributed by atoms with van der Waals surface area (Å²) in [5, 5.41) is 11.0. The second-order valence-electron chi connectivity index (χ2n) is 6.00. The van der Waals surface area contributed by atoms with Crippen LogP contribution in [0.4, 0.5) is 0 Å². The van der Waals surface area contributed by atoms with Gasteiger partial charge in [0, 0.05) is 22.3 Å². The molecule has 4 rings (SSSR count). The Morgan fingerprint density at radius 1 is 0.926 bits per heavy atom. The number of nitrogens with zero attached hydrogens (tertiary/aromatic N) is 2. The number of para-hydroxylation sites is 3. The van der Waals surface area contributed by atoms with Crippen LogP contribution in [0, 0.1) is 0 Å². The largest absolute Gasteiger partial charge is 0.507 e. The normalized spacial score (nSPS) is 11.7. The van der Waals surface area contributed by atoms with Gasteiger partial charge in [0.1, 0.15) is 11.5 Å². The van der Waals surface area contributed by atoms with Crippen molar-refractivity contribution < 1.29 is 5.11 Å². The number of hydrogen-bond acceptors (Lipinski definition) is 3. The third-order valence-corrected chi connectivity index (χ3v) is 4.47. The summed E-state index contributed by atoms with van der Waals surface area (Å²) in [5.41, 5.74) is 2.51. The van der Waals surface area contributed by atoms with Gasteiger partial charge in [-0.1, -0.05) is 41.9 Å². The molecule has 132 valence electrons. The van der Waals surface area contributed by atoms with Crippen LogP contribution in [-0.4, -0.2) is 14.7 Å². The lowest BCUT2D eigenvalue weighted by Gasteiger charge is -2.11. The predicted octanol–water partition coefficient (Wildman–Crippen LogP) is 5.10. The van der Waals surface area contributed by atoms with E-state index in [0.29, 0.717) is 21.6 Å². The highest BCUT2D eigenvalue weighted by Gasteiger charge is 2.12. The topological polar surface area (TPSA) is 55.1 Å². The number of hydrogen-bond donors (Lipinski definition) is 1. The third-order valence-electron chi connectivity index (χ3n) is 4.21. The number of aromatic nitrogens is 2. The van der Waals surface area contributed by atoms with Crippen molar-refractivity contribution in [2.24, 2.45) is 0 Å². The molecule has 1 heterocycles. The molecule has 0 bridgehead atoms. The lowest BCUT2D eigenvalue weighted by Crippen LogP contribution is -2.22. The molecular formula is C22H15ClN2O2. The van der Waals surface area contributed by atoms with E-state index in [1.165, 1.54) is 6.08 Å². The molecule has 3 aromatic carbocycles. The zero-order chi connectivity index (χ0) is 18.8. The first-order chi connectivity index (χ1) is 13.1. The summed E-state index contributed by atoms with van der Waals surface area (Å²) in [7, 11) is 0. The van der Waals surface area contributed by atoms with Gasteiger partial charge >= 0.3 is 0 Å². The van der Waals surface area contributed by atoms with Crippen LogP contribution in [0.2, 0.25) is 5.02 Å². The highest BCUT2D eigenvalue weighted by Crippen LogP contribution is 2.19. The molecule has 0 amide bonds. The number of benzene rings is 3. The van der Waals surface area contributed by atoms with Crippen LogP contribution in [0.15, 0.2) is 83.7 Å². The van der Waals surface area contributed by atoms with Gasteiger partial charge in [-0.2, -0.15) is 0 Å². The molecule has 0 radical (unpaired) electrons. The second-order valence-corrected chi connectivity index (χ2v) is 6.43. The number of aliphatic hydroxyl groups excluding tert-OH is 1. The predicted molar refractivity (Wildman–Crippen MR) is 109 cm³/mol. The van der Waals surface area contributed by atoms with Gasteiger partial charge in [-0.3, -0.25) is 9.36 Å². The Balaban J connectivity index is 1.94. The second kappa shape index (κ2) is 7.09. The molecule has 0 spiro atoms. The van der Waals surface area contributed by atoms with Gasteiger partial charge in [0.25, 0.3) is 5.56 Å². The van der Waals surface area contributed by atoms with Crippen LogP contribution in [-0.2, 0) is 0 Å². The number of halogens is 1. The van der Waals surface area contributed by atoms with Crippen LogP contribution in [0.3, 0.4) is 0 Å². The third kappa shape index (κ3) is 3.35. The van der Waals surface area contributed by atoms with Crippen molar-refractivity contribution in [2.75, 3.05) is 0 Å². The lowest BCUT2D eigenvalue weighted by molar-refractivity contribution is 0.515. The van der Waals surface area contributed by atoms with Gasteiger partial charge in [-0.15, -0.1) is 0 Å². The molecule has 0 atom stereocenters. The van der Waals surface area contributed by atoms with Crippen LogP contribution < -0.4 is 5.56 Å². The molecule has 4 aromatic rings. The SMILES string of the molecule is O=c1c(C=C(O)c2ccc(Cl)cc2)nc2ccccc2n1-c1ccccc1. The van der Waals surface area contributed by atoms with E-state index >= 15 is 0 Å². The Morgan fingerprint density at radius 2 is 1.59 bits per heavy atom. The van der Waals surface area contributed by atoms with Gasteiger partial charge in [0.15, 0.2) is 0 Å². The molecule has 0 aliphatic heterocycles. The van der Waals surface area contributed by atoms with Crippen LogP contribution >= 0.6 is 11.6 Å². The minimum absolute atomic E-state index is 0.0499. The number of rotatable bonds is 3. The minimum Gasteiger partial charge on any atom is -0.507 e. The fraction of sp³-hybridized carbons (Fsp3) is 0. The summed E-state index contributed by atoms with van der Waals surface area (Å²) >= 11 is 5.89. The van der Waals surface area contributed by atoms with Gasteiger partial charge in [-0.25, -0.2) is 4.98 Å². The summed E-state index contributed by atoms with van der Waals surface area (Å²) in [6.45, 7) is 0. The zero-order valence-electron chi connectivity index (χ0n) is 14.2. The van der Waals surface area contributed by atoms with Gasteiger partial charge in [0.05, 0.1) is 11.0 Å². The van der Waals surface area contributed by atoms with Crippen LogP contribution in [0.1, 0.15) is 11.3 Å². The number of fused-ring (bicyclic) bond motifs is 1. The smallest absolute Gasteiger partial charge is 0.281 e. The van der Waals surface area contributed by atoms with Crippen molar-refractivity contribution >= 4 is 34.5 Å². The molecule has 5 heteroatoms. The Hall–Kier alpha value is -3.37. The van der Waals surface area contributed by atoms with Crippen molar-refractivity contribution in [1.29, 1.82) is 0 Å². The highest BCUT2D eigenvalue weighted by molar-refractivity contribution is 6.30. The molecule has 0 aliphatic carbocycles. The van der Waals surface area contributed by atoms with Gasteiger partial charge in [0.2, 0.25) is 0 Å². The molecule has 1 aromatic heterocycles. The van der Waals surface area contributed by atoms with E-state index in [4.69, 9.17) is 11.6 Å². The highest BCUT2D eigenvalue weighted by atomic mass is 35.5. The average molecular weight is 375 g/mol. The molecule has 0 saturated heterocycles. The standard InChI is InChI=1S/C22H15ClN2O2/c23-16-12-10-15(11-13-16)21(26)14-19-22(27)25(17-6-2-1-3-7-17)20-9-5-4-8-18(20)24-19/h1-14,26H. The molecule has 4 nitrogen and oxygen atoms in total. The van der Waals surface area contributed by atoms with Crippen molar-refractivity contribution in [3.05, 3.63) is 105 Å². The summed E-state index contributed by atoms with van der Waals surface area (Å²) in [6, 6.07) is 23.5. The van der Waals surface area contributed by atoms with Crippen molar-refractivity contribution in [2.45, 2.75) is 0 Å². The van der Waals surface area contributed by atoms with Crippen molar-refractivity contribution in [3.63, 3.8) is 0 Å². The average Bonchev–Trinajstić information content (AvgIpc) is 2.70. The first kappa shape index (κ1) is 17.1. The molecule has 0 aliphatic rings. The first-order valence-corrected chi connectivity index (χ1v) is 8.75. The van der Waals surface area contributed by atoms with E-state index in [1.807, 2.05) is 54.6 Å². The van der Waals surface area contributed by atoms with E-state index in [9.17, 15) is 9.90 Å². The number of aliphatic hydroxyl groups is 1. The maximum absolute atomic E-state index is 13.1. The fourth-order valence-corrected chi connectivity index (χ4v) is 3.04. The van der Waals surface area contributed by atoms with E-state index in [-0.39, 0.29) is 17.0 Å². The summed E-state index contributed by atoms with van der Waals surface area (Å²) < 4.78 is 1.60. The van der Waals surface area contributed by atoms with Crippen molar-refractivity contribution in [1.82, 2.24) is 9.55 Å². The molecule has 0 unspecified atom stereocenters. The summed E-state index contributed by atoms with van der Waals surface area (Å²) in [6.07, 6.45) is 1.39. The minimum atomic E-state index is -0.305. The fourth-order valence-electron chi connectivity index (χ4n) is 2.91. The van der Waals surface area contributed by atoms with E-state index < -0.39 is 0 Å². The molecule has 0 saturated carbocycles. The maximum Gasteiger partial charge on any atom is 0.281 e. The van der Waals surface area contributed by atoms with Crippen LogP contribution in [0.5, 0.6) is 0 Å². The Kier molecular flexibility index (Phi) is 4.48. The van der Waals surface area contributed by atoms with E-state index in [0.717, 1.165) is 5.69 Å².